The summed E-state index contributed by atoms with van der Waals surface area (Å²) in [5, 5.41) is 2.96. The maximum Gasteiger partial charge on any atom is 0.274 e. The highest BCUT2D eigenvalue weighted by molar-refractivity contribution is 5.92. The number of ether oxygens (including phenoxy) is 2. The maximum atomic E-state index is 12.9. The molecule has 2 saturated heterocycles. The van der Waals surface area contributed by atoms with Crippen LogP contribution >= 0.6 is 0 Å². The number of carbonyl (C=O) groups is 2. The van der Waals surface area contributed by atoms with E-state index in [1.165, 1.54) is 6.20 Å². The van der Waals surface area contributed by atoms with Gasteiger partial charge in [-0.3, -0.25) is 19.5 Å². The zero-order chi connectivity index (χ0) is 21.2. The van der Waals surface area contributed by atoms with Gasteiger partial charge in [0, 0.05) is 51.9 Å². The van der Waals surface area contributed by atoms with Crippen molar-refractivity contribution in [2.24, 2.45) is 0 Å². The molecular weight excluding hydrogens is 386 g/mol. The zero-order valence-corrected chi connectivity index (χ0v) is 17.8. The summed E-state index contributed by atoms with van der Waals surface area (Å²) in [6.07, 6.45) is 6.19. The van der Waals surface area contributed by atoms with Crippen LogP contribution in [0.25, 0.3) is 0 Å². The molecule has 0 aliphatic carbocycles. The minimum atomic E-state index is -0.210. The van der Waals surface area contributed by atoms with Crippen LogP contribution in [0.2, 0.25) is 0 Å². The van der Waals surface area contributed by atoms with Crippen LogP contribution in [0.4, 0.5) is 0 Å². The molecule has 1 aromatic rings. The Kier molecular flexibility index (Phi) is 8.98. The molecular formula is C21H33N5O4. The predicted molar refractivity (Wildman–Crippen MR) is 111 cm³/mol. The van der Waals surface area contributed by atoms with E-state index in [2.05, 4.69) is 20.2 Å². The Morgan fingerprint density at radius 1 is 1.23 bits per heavy atom. The van der Waals surface area contributed by atoms with Gasteiger partial charge < -0.3 is 19.7 Å². The lowest BCUT2D eigenvalue weighted by molar-refractivity contribution is -0.121. The van der Waals surface area contributed by atoms with Gasteiger partial charge in [0.15, 0.2) is 0 Å². The molecule has 9 heteroatoms. The largest absolute Gasteiger partial charge is 0.379 e. The van der Waals surface area contributed by atoms with Gasteiger partial charge in [-0.2, -0.15) is 0 Å². The van der Waals surface area contributed by atoms with Crippen molar-refractivity contribution in [3.8, 4) is 0 Å². The Balaban J connectivity index is 1.44. The van der Waals surface area contributed by atoms with E-state index in [9.17, 15) is 9.59 Å². The average Bonchev–Trinajstić information content (AvgIpc) is 3.28. The highest BCUT2D eigenvalue weighted by Crippen LogP contribution is 2.15. The van der Waals surface area contributed by atoms with E-state index in [1.807, 2.05) is 6.92 Å². The summed E-state index contributed by atoms with van der Waals surface area (Å²) in [4.78, 5) is 37.6. The molecule has 3 rings (SSSR count). The molecule has 9 nitrogen and oxygen atoms in total. The summed E-state index contributed by atoms with van der Waals surface area (Å²) in [6.45, 7) is 8.43. The normalized spacial score (nSPS) is 19.6. The number of aromatic nitrogens is 2. The third-order valence-electron chi connectivity index (χ3n) is 5.42. The van der Waals surface area contributed by atoms with Crippen LogP contribution in [-0.4, -0.2) is 96.8 Å². The van der Waals surface area contributed by atoms with E-state index in [0.29, 0.717) is 25.3 Å². The molecule has 2 amide bonds. The van der Waals surface area contributed by atoms with Gasteiger partial charge in [-0.15, -0.1) is 0 Å². The minimum absolute atomic E-state index is 0.0175. The summed E-state index contributed by atoms with van der Waals surface area (Å²) >= 11 is 0. The second-order valence-electron chi connectivity index (χ2n) is 7.84. The number of aryl methyl sites for hydroxylation is 1. The summed E-state index contributed by atoms with van der Waals surface area (Å²) in [7, 11) is 0. The summed E-state index contributed by atoms with van der Waals surface area (Å²) in [6, 6.07) is 0. The van der Waals surface area contributed by atoms with Crippen molar-refractivity contribution < 1.29 is 19.1 Å². The Hall–Kier alpha value is -2.10. The van der Waals surface area contributed by atoms with Crippen molar-refractivity contribution in [2.45, 2.75) is 38.7 Å². The molecule has 1 aromatic heterocycles. The first-order valence-corrected chi connectivity index (χ1v) is 10.9. The fourth-order valence-corrected chi connectivity index (χ4v) is 3.66. The highest BCUT2D eigenvalue weighted by Gasteiger charge is 2.24. The second kappa shape index (κ2) is 11.9. The number of hydrogen-bond donors (Lipinski definition) is 1. The van der Waals surface area contributed by atoms with E-state index < -0.39 is 0 Å². The first kappa shape index (κ1) is 22.6. The lowest BCUT2D eigenvalue weighted by atomic mass is 10.2. The van der Waals surface area contributed by atoms with E-state index in [0.717, 1.165) is 64.4 Å². The third kappa shape index (κ3) is 7.30. The molecule has 0 saturated carbocycles. The number of amides is 2. The summed E-state index contributed by atoms with van der Waals surface area (Å²) < 4.78 is 11.0. The molecule has 30 heavy (non-hydrogen) atoms. The quantitative estimate of drug-likeness (QED) is 0.556. The SMILES string of the molecule is Cc1cnc(C(=O)N(CCC(=O)NCCCN2CCOCC2)CC2CCCO2)cn1. The van der Waals surface area contributed by atoms with Crippen molar-refractivity contribution in [2.75, 3.05) is 59.1 Å². The van der Waals surface area contributed by atoms with Crippen LogP contribution in [0, 0.1) is 6.92 Å². The van der Waals surface area contributed by atoms with Gasteiger partial charge in [0.1, 0.15) is 5.69 Å². The van der Waals surface area contributed by atoms with Crippen molar-refractivity contribution in [1.29, 1.82) is 0 Å². The van der Waals surface area contributed by atoms with Crippen molar-refractivity contribution in [3.63, 3.8) is 0 Å². The molecule has 1 atom stereocenters. The summed E-state index contributed by atoms with van der Waals surface area (Å²) in [5.41, 5.74) is 1.05. The molecule has 0 spiro atoms. The fourth-order valence-electron chi connectivity index (χ4n) is 3.66. The predicted octanol–water partition coefficient (Wildman–Crippen LogP) is 0.635. The van der Waals surface area contributed by atoms with Gasteiger partial charge in [0.2, 0.25) is 5.91 Å². The lowest BCUT2D eigenvalue weighted by Crippen LogP contribution is -2.41. The van der Waals surface area contributed by atoms with Gasteiger partial charge in [0.25, 0.3) is 5.91 Å². The molecule has 0 radical (unpaired) electrons. The van der Waals surface area contributed by atoms with E-state index >= 15 is 0 Å². The van der Waals surface area contributed by atoms with Crippen LogP contribution in [0.15, 0.2) is 12.4 Å². The van der Waals surface area contributed by atoms with Crippen LogP contribution in [0.1, 0.15) is 41.9 Å². The topological polar surface area (TPSA) is 96.9 Å². The molecule has 0 aromatic carbocycles. The Bertz CT molecular complexity index is 672. The highest BCUT2D eigenvalue weighted by atomic mass is 16.5. The number of carbonyl (C=O) groups excluding carboxylic acids is 2. The Morgan fingerprint density at radius 3 is 2.77 bits per heavy atom. The number of morpholine rings is 1. The van der Waals surface area contributed by atoms with E-state index in [4.69, 9.17) is 9.47 Å². The fraction of sp³-hybridized carbons (Fsp3) is 0.714. The molecule has 166 valence electrons. The van der Waals surface area contributed by atoms with E-state index in [-0.39, 0.29) is 24.3 Å². The molecule has 2 fully saturated rings. The minimum Gasteiger partial charge on any atom is -0.379 e. The molecule has 1 unspecified atom stereocenters. The van der Waals surface area contributed by atoms with Gasteiger partial charge in [0.05, 0.1) is 31.2 Å². The number of nitrogens with zero attached hydrogens (tertiary/aromatic N) is 4. The Labute approximate surface area is 178 Å². The van der Waals surface area contributed by atoms with Crippen LogP contribution in [0.3, 0.4) is 0 Å². The summed E-state index contributed by atoms with van der Waals surface area (Å²) in [5.74, 6) is -0.254. The van der Waals surface area contributed by atoms with Crippen LogP contribution < -0.4 is 5.32 Å². The smallest absolute Gasteiger partial charge is 0.274 e. The molecule has 2 aliphatic rings. The van der Waals surface area contributed by atoms with Crippen molar-refractivity contribution in [1.82, 2.24) is 25.1 Å². The number of rotatable bonds is 10. The van der Waals surface area contributed by atoms with Gasteiger partial charge in [-0.05, 0) is 32.7 Å². The molecule has 0 bridgehead atoms. The van der Waals surface area contributed by atoms with Gasteiger partial charge >= 0.3 is 0 Å². The lowest BCUT2D eigenvalue weighted by Gasteiger charge is -2.26. The van der Waals surface area contributed by atoms with Crippen LogP contribution in [0.5, 0.6) is 0 Å². The first-order chi connectivity index (χ1) is 14.6. The van der Waals surface area contributed by atoms with E-state index in [1.54, 1.807) is 11.1 Å². The molecule has 3 heterocycles. The first-order valence-electron chi connectivity index (χ1n) is 10.9. The molecule has 1 N–H and O–H groups in total. The number of hydrogen-bond acceptors (Lipinski definition) is 7. The zero-order valence-electron chi connectivity index (χ0n) is 17.8. The molecule has 2 aliphatic heterocycles. The second-order valence-corrected chi connectivity index (χ2v) is 7.84. The van der Waals surface area contributed by atoms with Crippen molar-refractivity contribution in [3.05, 3.63) is 23.8 Å². The van der Waals surface area contributed by atoms with Gasteiger partial charge in [-0.25, -0.2) is 4.98 Å². The third-order valence-corrected chi connectivity index (χ3v) is 5.42. The van der Waals surface area contributed by atoms with Gasteiger partial charge in [-0.1, -0.05) is 0 Å². The standard InChI is InChI=1S/C21H33N5O4/c1-17-14-24-19(15-23-17)21(28)26(16-18-4-2-11-30-18)8-5-20(27)22-6-3-7-25-9-12-29-13-10-25/h14-15,18H,2-13,16H2,1H3,(H,22,27). The van der Waals surface area contributed by atoms with Crippen molar-refractivity contribution >= 4 is 11.8 Å². The monoisotopic (exact) mass is 419 g/mol. The average molecular weight is 420 g/mol. The Morgan fingerprint density at radius 2 is 2.07 bits per heavy atom. The van der Waals surface area contributed by atoms with Crippen LogP contribution in [-0.2, 0) is 14.3 Å². The number of nitrogens with one attached hydrogen (secondary N) is 1. The maximum absolute atomic E-state index is 12.9.